The molecule has 0 amide bonds. The molecule has 0 aliphatic carbocycles. The summed E-state index contributed by atoms with van der Waals surface area (Å²) >= 11 is 0. The second-order valence-electron chi connectivity index (χ2n) is 2.30. The van der Waals surface area contributed by atoms with E-state index in [4.69, 9.17) is 5.73 Å². The molecule has 1 heterocycles. The van der Waals surface area contributed by atoms with Crippen LogP contribution in [0.3, 0.4) is 0 Å². The van der Waals surface area contributed by atoms with E-state index >= 15 is 0 Å². The third-order valence-corrected chi connectivity index (χ3v) is 1.17. The quantitative estimate of drug-likeness (QED) is 0.791. The molecule has 0 spiro atoms. The fraction of sp³-hybridized carbons (Fsp3) is 0.286. The van der Waals surface area contributed by atoms with E-state index in [9.17, 15) is 13.2 Å². The second-order valence-corrected chi connectivity index (χ2v) is 2.30. The predicted octanol–water partition coefficient (Wildman–Crippen LogP) is 1.60. The van der Waals surface area contributed by atoms with Crippen LogP contribution in [0.5, 0.6) is 5.88 Å². The molecule has 1 aromatic heterocycles. The first-order valence-electron chi connectivity index (χ1n) is 3.38. The summed E-state index contributed by atoms with van der Waals surface area (Å²) in [6, 6.07) is 2.47. The number of nitrogen functional groups attached to an aromatic ring is 1. The lowest BCUT2D eigenvalue weighted by Crippen LogP contribution is -2.27. The van der Waals surface area contributed by atoms with Gasteiger partial charge in [0.15, 0.2) is 6.67 Å². The van der Waals surface area contributed by atoms with Gasteiger partial charge in [0.05, 0.1) is 11.9 Å². The highest BCUT2D eigenvalue weighted by atomic mass is 19.3. The van der Waals surface area contributed by atoms with Gasteiger partial charge in [-0.25, -0.2) is 9.37 Å². The van der Waals surface area contributed by atoms with Gasteiger partial charge < -0.3 is 10.5 Å². The number of rotatable bonds is 3. The Morgan fingerprint density at radius 3 is 2.62 bits per heavy atom. The third kappa shape index (κ3) is 2.81. The first-order chi connectivity index (χ1) is 6.03. The van der Waals surface area contributed by atoms with E-state index in [1.165, 1.54) is 6.07 Å². The minimum atomic E-state index is -3.83. The highest BCUT2D eigenvalue weighted by Crippen LogP contribution is 2.20. The maximum Gasteiger partial charge on any atom is 0.428 e. The Balaban J connectivity index is 2.69. The van der Waals surface area contributed by atoms with E-state index in [1.807, 2.05) is 0 Å². The largest absolute Gasteiger partial charge is 0.428 e. The first kappa shape index (κ1) is 9.63. The van der Waals surface area contributed by atoms with Crippen molar-refractivity contribution in [3.05, 3.63) is 18.3 Å². The van der Waals surface area contributed by atoms with E-state index in [1.54, 1.807) is 0 Å². The summed E-state index contributed by atoms with van der Waals surface area (Å²) in [5.41, 5.74) is 5.56. The standard InChI is InChI=1S/C7H7F3N2O/c8-4-7(9,10)13-6-2-1-5(11)3-12-6/h1-3H,4,11H2. The van der Waals surface area contributed by atoms with Crippen LogP contribution in [0.4, 0.5) is 18.9 Å². The molecule has 0 aromatic carbocycles. The van der Waals surface area contributed by atoms with E-state index < -0.39 is 12.8 Å². The maximum atomic E-state index is 12.3. The van der Waals surface area contributed by atoms with Crippen molar-refractivity contribution in [1.82, 2.24) is 4.98 Å². The lowest BCUT2D eigenvalue weighted by molar-refractivity contribution is -0.188. The Morgan fingerprint density at radius 1 is 1.46 bits per heavy atom. The average molecular weight is 192 g/mol. The van der Waals surface area contributed by atoms with Crippen molar-refractivity contribution in [1.29, 1.82) is 0 Å². The molecule has 13 heavy (non-hydrogen) atoms. The molecule has 0 aliphatic rings. The Kier molecular flexibility index (Phi) is 2.60. The maximum absolute atomic E-state index is 12.3. The number of ether oxygens (including phenoxy) is 1. The summed E-state index contributed by atoms with van der Waals surface area (Å²) in [7, 11) is 0. The number of hydrogen-bond donors (Lipinski definition) is 1. The minimum Gasteiger partial charge on any atom is -0.413 e. The molecule has 0 aliphatic heterocycles. The zero-order valence-corrected chi connectivity index (χ0v) is 6.51. The van der Waals surface area contributed by atoms with Crippen LogP contribution in [-0.2, 0) is 0 Å². The highest BCUT2D eigenvalue weighted by molar-refractivity contribution is 5.35. The molecule has 3 nitrogen and oxygen atoms in total. The molecule has 2 N–H and O–H groups in total. The van der Waals surface area contributed by atoms with E-state index in [2.05, 4.69) is 9.72 Å². The van der Waals surface area contributed by atoms with Crippen molar-refractivity contribution in [2.75, 3.05) is 12.4 Å². The Bertz CT molecular complexity index is 276. The van der Waals surface area contributed by atoms with Crippen molar-refractivity contribution < 1.29 is 17.9 Å². The molecule has 0 radical (unpaired) electrons. The molecule has 0 unspecified atom stereocenters. The van der Waals surface area contributed by atoms with Gasteiger partial charge in [-0.1, -0.05) is 0 Å². The molecule has 72 valence electrons. The van der Waals surface area contributed by atoms with Gasteiger partial charge in [-0.15, -0.1) is 0 Å². The first-order valence-corrected chi connectivity index (χ1v) is 3.38. The Hall–Kier alpha value is -1.46. The molecular formula is C7H7F3N2O. The Labute approximate surface area is 72.3 Å². The summed E-state index contributed by atoms with van der Waals surface area (Å²) in [4.78, 5) is 3.42. The third-order valence-electron chi connectivity index (χ3n) is 1.17. The molecule has 1 rings (SSSR count). The summed E-state index contributed by atoms with van der Waals surface area (Å²) in [6.45, 7) is -1.89. The van der Waals surface area contributed by atoms with Gasteiger partial charge in [-0.3, -0.25) is 0 Å². The number of alkyl halides is 3. The van der Waals surface area contributed by atoms with Crippen LogP contribution >= 0.6 is 0 Å². The van der Waals surface area contributed by atoms with Crippen molar-refractivity contribution in [3.63, 3.8) is 0 Å². The molecule has 1 aromatic rings. The lowest BCUT2D eigenvalue weighted by Gasteiger charge is -2.12. The number of aromatic nitrogens is 1. The molecule has 0 saturated heterocycles. The van der Waals surface area contributed by atoms with Crippen molar-refractivity contribution in [2.24, 2.45) is 0 Å². The van der Waals surface area contributed by atoms with E-state index in [-0.39, 0.29) is 5.88 Å². The molecule has 0 saturated carbocycles. The SMILES string of the molecule is Nc1ccc(OC(F)(F)CF)nc1. The number of halogens is 3. The summed E-state index contributed by atoms with van der Waals surface area (Å²) in [6.07, 6.45) is -2.69. The van der Waals surface area contributed by atoms with E-state index in [0.29, 0.717) is 5.69 Å². The second kappa shape index (κ2) is 3.51. The van der Waals surface area contributed by atoms with Crippen molar-refractivity contribution in [2.45, 2.75) is 6.11 Å². The predicted molar refractivity (Wildman–Crippen MR) is 40.2 cm³/mol. The summed E-state index contributed by atoms with van der Waals surface area (Å²) < 4.78 is 40.1. The molecule has 0 bridgehead atoms. The van der Waals surface area contributed by atoms with Crippen LogP contribution < -0.4 is 10.5 Å². The number of hydrogen-bond acceptors (Lipinski definition) is 3. The van der Waals surface area contributed by atoms with E-state index in [0.717, 1.165) is 12.3 Å². The zero-order valence-electron chi connectivity index (χ0n) is 6.51. The van der Waals surface area contributed by atoms with Crippen LogP contribution in [-0.4, -0.2) is 17.8 Å². The van der Waals surface area contributed by atoms with Gasteiger partial charge in [-0.05, 0) is 6.07 Å². The van der Waals surface area contributed by atoms with Crippen LogP contribution in [0.25, 0.3) is 0 Å². The molecule has 0 fully saturated rings. The van der Waals surface area contributed by atoms with Crippen LogP contribution in [0.15, 0.2) is 18.3 Å². The lowest BCUT2D eigenvalue weighted by atomic mass is 10.4. The van der Waals surface area contributed by atoms with Crippen LogP contribution in [0, 0.1) is 0 Å². The number of pyridine rings is 1. The number of nitrogens with two attached hydrogens (primary N) is 1. The highest BCUT2D eigenvalue weighted by Gasteiger charge is 2.32. The zero-order chi connectivity index (χ0) is 9.90. The van der Waals surface area contributed by atoms with Gasteiger partial charge in [0, 0.05) is 6.07 Å². The van der Waals surface area contributed by atoms with Gasteiger partial charge in [0.1, 0.15) is 0 Å². The van der Waals surface area contributed by atoms with Crippen molar-refractivity contribution in [3.8, 4) is 5.88 Å². The smallest absolute Gasteiger partial charge is 0.413 e. The molecular weight excluding hydrogens is 185 g/mol. The molecule has 6 heteroatoms. The summed E-state index contributed by atoms with van der Waals surface area (Å²) in [5.74, 6) is -0.364. The minimum absolute atomic E-state index is 0.316. The summed E-state index contributed by atoms with van der Waals surface area (Å²) in [5, 5.41) is 0. The molecule has 0 atom stereocenters. The fourth-order valence-corrected chi connectivity index (χ4v) is 0.632. The number of nitrogens with zero attached hydrogens (tertiary/aromatic N) is 1. The van der Waals surface area contributed by atoms with Crippen LogP contribution in [0.1, 0.15) is 0 Å². The average Bonchev–Trinajstić information content (AvgIpc) is 2.09. The van der Waals surface area contributed by atoms with Crippen LogP contribution in [0.2, 0.25) is 0 Å². The van der Waals surface area contributed by atoms with Gasteiger partial charge in [-0.2, -0.15) is 8.78 Å². The topological polar surface area (TPSA) is 48.1 Å². The van der Waals surface area contributed by atoms with Crippen molar-refractivity contribution >= 4 is 5.69 Å². The number of anilines is 1. The normalized spacial score (nSPS) is 11.3. The van der Waals surface area contributed by atoms with Gasteiger partial charge in [0.2, 0.25) is 5.88 Å². The fourth-order valence-electron chi connectivity index (χ4n) is 0.632. The Morgan fingerprint density at radius 2 is 2.15 bits per heavy atom. The van der Waals surface area contributed by atoms with Gasteiger partial charge >= 0.3 is 6.11 Å². The van der Waals surface area contributed by atoms with Gasteiger partial charge in [0.25, 0.3) is 0 Å². The monoisotopic (exact) mass is 192 g/mol.